The Labute approximate surface area is 176 Å². The van der Waals surface area contributed by atoms with E-state index in [1.807, 2.05) is 11.0 Å². The van der Waals surface area contributed by atoms with Crippen LogP contribution >= 0.6 is 23.2 Å². The highest BCUT2D eigenvalue weighted by atomic mass is 35.5. The highest BCUT2D eigenvalue weighted by molar-refractivity contribution is 6.35. The second-order valence-corrected chi connectivity index (χ2v) is 8.95. The van der Waals surface area contributed by atoms with Gasteiger partial charge in [0.05, 0.1) is 6.42 Å². The number of carboxylic acids is 1. The van der Waals surface area contributed by atoms with E-state index in [2.05, 4.69) is 0 Å². The number of rotatable bonds is 7. The van der Waals surface area contributed by atoms with Gasteiger partial charge < -0.3 is 14.9 Å². The Kier molecular flexibility index (Phi) is 7.47. The van der Waals surface area contributed by atoms with E-state index in [0.717, 1.165) is 12.0 Å². The number of benzene rings is 1. The highest BCUT2D eigenvalue weighted by Gasteiger charge is 2.33. The summed E-state index contributed by atoms with van der Waals surface area (Å²) in [5.74, 6) is -0.218. The smallest absolute Gasteiger partial charge is 0.320 e. The van der Waals surface area contributed by atoms with Crippen molar-refractivity contribution in [3.63, 3.8) is 0 Å². The molecular formula is C21H28Cl2N2O3. The second-order valence-electron chi connectivity index (χ2n) is 8.10. The topological polar surface area (TPSA) is 60.9 Å². The lowest BCUT2D eigenvalue weighted by molar-refractivity contribution is -0.138. The second kappa shape index (κ2) is 9.84. The molecule has 1 saturated carbocycles. The van der Waals surface area contributed by atoms with E-state index in [1.54, 1.807) is 17.0 Å². The van der Waals surface area contributed by atoms with Crippen LogP contribution in [-0.4, -0.2) is 46.5 Å². The minimum Gasteiger partial charge on any atom is -0.481 e. The van der Waals surface area contributed by atoms with Gasteiger partial charge in [0.2, 0.25) is 0 Å². The molecule has 0 spiro atoms. The predicted molar refractivity (Wildman–Crippen MR) is 111 cm³/mol. The zero-order valence-electron chi connectivity index (χ0n) is 16.1. The van der Waals surface area contributed by atoms with Crippen LogP contribution < -0.4 is 0 Å². The van der Waals surface area contributed by atoms with Gasteiger partial charge in [-0.15, -0.1) is 0 Å². The third-order valence-electron chi connectivity index (χ3n) is 5.87. The first kappa shape index (κ1) is 21.3. The molecule has 7 heteroatoms. The number of carboxylic acid groups (broad SMARTS) is 1. The molecule has 1 aromatic rings. The lowest BCUT2D eigenvalue weighted by Gasteiger charge is -2.40. The summed E-state index contributed by atoms with van der Waals surface area (Å²) in [6, 6.07) is 5.23. The van der Waals surface area contributed by atoms with E-state index in [9.17, 15) is 14.7 Å². The molecule has 1 aromatic carbocycles. The van der Waals surface area contributed by atoms with Gasteiger partial charge >= 0.3 is 12.0 Å². The Morgan fingerprint density at radius 2 is 1.79 bits per heavy atom. The van der Waals surface area contributed by atoms with Gasteiger partial charge in [0.1, 0.15) is 0 Å². The van der Waals surface area contributed by atoms with Crippen molar-refractivity contribution in [3.8, 4) is 0 Å². The summed E-state index contributed by atoms with van der Waals surface area (Å²) < 4.78 is 0. The van der Waals surface area contributed by atoms with E-state index in [-0.39, 0.29) is 18.4 Å². The summed E-state index contributed by atoms with van der Waals surface area (Å²) in [5, 5.41) is 10.3. The summed E-state index contributed by atoms with van der Waals surface area (Å²) in [7, 11) is 0. The first-order valence-electron chi connectivity index (χ1n) is 10.1. The number of hydrogen-bond donors (Lipinski definition) is 1. The molecule has 1 aliphatic heterocycles. The number of nitrogens with zero attached hydrogens (tertiary/aromatic N) is 2. The van der Waals surface area contributed by atoms with Crippen LogP contribution in [0.4, 0.5) is 4.79 Å². The predicted octanol–water partition coefficient (Wildman–Crippen LogP) is 5.29. The Morgan fingerprint density at radius 3 is 2.46 bits per heavy atom. The lowest BCUT2D eigenvalue weighted by Crippen LogP contribution is -2.53. The molecule has 3 rings (SSSR count). The van der Waals surface area contributed by atoms with E-state index >= 15 is 0 Å². The average Bonchev–Trinajstić information content (AvgIpc) is 2.65. The standard InChI is InChI=1S/C21H28Cl2N2O3/c22-18-7-6-17(19(23)11-18)14-25-13-16(10-20(26)27)12-24(21(25)28)9-8-15-4-2-1-3-5-15/h6-7,11,15-16H,1-5,8-10,12-14H2,(H,26,27). The fourth-order valence-electron chi connectivity index (χ4n) is 4.40. The molecule has 0 aromatic heterocycles. The number of aliphatic carboxylic acids is 1. The van der Waals surface area contributed by atoms with Crippen molar-refractivity contribution >= 4 is 35.2 Å². The van der Waals surface area contributed by atoms with E-state index in [4.69, 9.17) is 23.2 Å². The van der Waals surface area contributed by atoms with Crippen LogP contribution in [0.5, 0.6) is 0 Å². The van der Waals surface area contributed by atoms with Gasteiger partial charge in [0.15, 0.2) is 0 Å². The summed E-state index contributed by atoms with van der Waals surface area (Å²) in [4.78, 5) is 27.9. The van der Waals surface area contributed by atoms with Crippen molar-refractivity contribution in [2.45, 2.75) is 51.5 Å². The Morgan fingerprint density at radius 1 is 1.07 bits per heavy atom. The molecule has 154 valence electrons. The van der Waals surface area contributed by atoms with Crippen molar-refractivity contribution in [2.75, 3.05) is 19.6 Å². The number of urea groups is 1. The van der Waals surface area contributed by atoms with Crippen LogP contribution in [0.1, 0.15) is 50.5 Å². The summed E-state index contributed by atoms with van der Waals surface area (Å²) in [5.41, 5.74) is 0.822. The van der Waals surface area contributed by atoms with Crippen LogP contribution in [0.3, 0.4) is 0 Å². The molecule has 2 fully saturated rings. The third-order valence-corrected chi connectivity index (χ3v) is 6.46. The van der Waals surface area contributed by atoms with Crippen LogP contribution in [0.25, 0.3) is 0 Å². The van der Waals surface area contributed by atoms with Crippen molar-refractivity contribution in [3.05, 3.63) is 33.8 Å². The fourth-order valence-corrected chi connectivity index (χ4v) is 4.87. The van der Waals surface area contributed by atoms with Crippen LogP contribution in [0.2, 0.25) is 10.0 Å². The van der Waals surface area contributed by atoms with Gasteiger partial charge in [-0.05, 0) is 30.0 Å². The number of carbonyl (C=O) groups excluding carboxylic acids is 1. The monoisotopic (exact) mass is 426 g/mol. The zero-order chi connectivity index (χ0) is 20.1. The van der Waals surface area contributed by atoms with Crippen molar-refractivity contribution < 1.29 is 14.7 Å². The molecule has 0 bridgehead atoms. The molecule has 1 unspecified atom stereocenters. The largest absolute Gasteiger partial charge is 0.481 e. The quantitative estimate of drug-likeness (QED) is 0.643. The summed E-state index contributed by atoms with van der Waals surface area (Å²) in [6.45, 7) is 2.02. The number of halogens is 2. The van der Waals surface area contributed by atoms with Crippen LogP contribution in [-0.2, 0) is 11.3 Å². The first-order chi connectivity index (χ1) is 13.4. The van der Waals surface area contributed by atoms with Crippen molar-refractivity contribution in [1.82, 2.24) is 9.80 Å². The van der Waals surface area contributed by atoms with Gasteiger partial charge in [-0.25, -0.2) is 4.79 Å². The maximum absolute atomic E-state index is 13.0. The maximum atomic E-state index is 13.0. The van der Waals surface area contributed by atoms with Gasteiger partial charge in [-0.3, -0.25) is 4.79 Å². The van der Waals surface area contributed by atoms with Gasteiger partial charge in [0, 0.05) is 42.1 Å². The first-order valence-corrected chi connectivity index (χ1v) is 10.9. The molecule has 1 atom stereocenters. The Balaban J connectivity index is 1.68. The van der Waals surface area contributed by atoms with Gasteiger partial charge in [0.25, 0.3) is 0 Å². The van der Waals surface area contributed by atoms with Gasteiger partial charge in [-0.2, -0.15) is 0 Å². The number of carbonyl (C=O) groups is 2. The third kappa shape index (κ3) is 5.77. The average molecular weight is 427 g/mol. The number of amides is 2. The van der Waals surface area contributed by atoms with E-state index < -0.39 is 5.97 Å². The minimum absolute atomic E-state index is 0.0246. The molecule has 1 N–H and O–H groups in total. The van der Waals surface area contributed by atoms with Gasteiger partial charge in [-0.1, -0.05) is 61.4 Å². The van der Waals surface area contributed by atoms with Crippen molar-refractivity contribution in [1.29, 1.82) is 0 Å². The SMILES string of the molecule is O=C(O)CC1CN(CCC2CCCCC2)C(=O)N(Cc2ccc(Cl)cc2Cl)C1. The molecule has 1 heterocycles. The maximum Gasteiger partial charge on any atom is 0.320 e. The highest BCUT2D eigenvalue weighted by Crippen LogP contribution is 2.29. The summed E-state index contributed by atoms with van der Waals surface area (Å²) >= 11 is 12.3. The van der Waals surface area contributed by atoms with Crippen LogP contribution in [0.15, 0.2) is 18.2 Å². The number of hydrogen-bond acceptors (Lipinski definition) is 2. The fraction of sp³-hybridized carbons (Fsp3) is 0.619. The minimum atomic E-state index is -0.823. The summed E-state index contributed by atoms with van der Waals surface area (Å²) in [6.07, 6.45) is 7.42. The molecule has 5 nitrogen and oxygen atoms in total. The molecule has 1 saturated heterocycles. The Bertz CT molecular complexity index is 707. The Hall–Kier alpha value is -1.46. The molecular weight excluding hydrogens is 399 g/mol. The molecule has 0 radical (unpaired) electrons. The molecule has 1 aliphatic carbocycles. The van der Waals surface area contributed by atoms with E-state index in [1.165, 1.54) is 32.1 Å². The van der Waals surface area contributed by atoms with Crippen LogP contribution in [0, 0.1) is 11.8 Å². The normalized spacial score (nSPS) is 21.2. The zero-order valence-corrected chi connectivity index (χ0v) is 17.6. The molecule has 2 aliphatic rings. The van der Waals surface area contributed by atoms with Crippen molar-refractivity contribution in [2.24, 2.45) is 11.8 Å². The van der Waals surface area contributed by atoms with E-state index in [0.29, 0.717) is 42.1 Å². The molecule has 28 heavy (non-hydrogen) atoms. The lowest BCUT2D eigenvalue weighted by atomic mass is 9.87. The molecule has 2 amide bonds.